The molecule has 4 aromatic rings. The van der Waals surface area contributed by atoms with Crippen molar-refractivity contribution in [2.45, 2.75) is 18.5 Å². The van der Waals surface area contributed by atoms with Crippen LogP contribution in [0.3, 0.4) is 0 Å². The van der Waals surface area contributed by atoms with Gasteiger partial charge in [0.1, 0.15) is 0 Å². The van der Waals surface area contributed by atoms with Crippen LogP contribution < -0.4 is 4.72 Å². The maximum absolute atomic E-state index is 14.4. The van der Waals surface area contributed by atoms with Gasteiger partial charge in [-0.1, -0.05) is 121 Å². The first kappa shape index (κ1) is 22.1. The van der Waals surface area contributed by atoms with Crippen molar-refractivity contribution in [3.8, 4) is 0 Å². The van der Waals surface area contributed by atoms with Gasteiger partial charge in [0.2, 0.25) is 0 Å². The van der Waals surface area contributed by atoms with Gasteiger partial charge in [0, 0.05) is 0 Å². The maximum Gasteiger partial charge on any atom is 0.306 e. The van der Waals surface area contributed by atoms with Gasteiger partial charge < -0.3 is 0 Å². The summed E-state index contributed by atoms with van der Waals surface area (Å²) >= 11 is 0. The molecule has 1 atom stereocenters. The van der Waals surface area contributed by atoms with Crippen LogP contribution in [-0.2, 0) is 20.5 Å². The first-order chi connectivity index (χ1) is 16.4. The second-order valence-electron chi connectivity index (χ2n) is 8.41. The highest BCUT2D eigenvalue weighted by Crippen LogP contribution is 2.43. The second-order valence-corrected chi connectivity index (χ2v) is 9.96. The Morgan fingerprint density at radius 3 is 1.62 bits per heavy atom. The standard InChI is InChI=1S/C28H24N2O3S/c1-21-17-19-25(20-18-21)28(24-15-9-4-10-16-24)27(31)30(34(32,33)29-28)26(22-11-5-2-6-12-22)23-13-7-3-8-14-23/h2-20,26,29H,1H3. The van der Waals surface area contributed by atoms with Crippen molar-refractivity contribution in [1.29, 1.82) is 0 Å². The van der Waals surface area contributed by atoms with Gasteiger partial charge in [0.05, 0.1) is 6.04 Å². The highest BCUT2D eigenvalue weighted by molar-refractivity contribution is 7.88. The number of carbonyl (C=O) groups excluding carboxylic acids is 1. The zero-order chi connectivity index (χ0) is 23.8. The largest absolute Gasteiger partial charge is 0.306 e. The first-order valence-corrected chi connectivity index (χ1v) is 12.5. The third-order valence-corrected chi connectivity index (χ3v) is 7.68. The van der Waals surface area contributed by atoms with E-state index >= 15 is 0 Å². The highest BCUT2D eigenvalue weighted by atomic mass is 32.2. The van der Waals surface area contributed by atoms with Crippen LogP contribution >= 0.6 is 0 Å². The Balaban J connectivity index is 1.76. The summed E-state index contributed by atoms with van der Waals surface area (Å²) in [4.78, 5) is 14.4. The average molecular weight is 469 g/mol. The van der Waals surface area contributed by atoms with Crippen molar-refractivity contribution in [3.63, 3.8) is 0 Å². The molecule has 1 aliphatic rings. The highest BCUT2D eigenvalue weighted by Gasteiger charge is 2.59. The van der Waals surface area contributed by atoms with Crippen molar-refractivity contribution in [1.82, 2.24) is 9.03 Å². The molecule has 1 fully saturated rings. The topological polar surface area (TPSA) is 66.5 Å². The molecule has 1 heterocycles. The zero-order valence-corrected chi connectivity index (χ0v) is 19.4. The lowest BCUT2D eigenvalue weighted by atomic mass is 9.82. The van der Waals surface area contributed by atoms with E-state index in [4.69, 9.17) is 0 Å². The first-order valence-electron chi connectivity index (χ1n) is 11.0. The van der Waals surface area contributed by atoms with Crippen molar-refractivity contribution < 1.29 is 13.2 Å². The van der Waals surface area contributed by atoms with Gasteiger partial charge in [0.25, 0.3) is 5.91 Å². The number of hydrogen-bond donors (Lipinski definition) is 1. The van der Waals surface area contributed by atoms with Gasteiger partial charge in [-0.05, 0) is 29.2 Å². The predicted molar refractivity (Wildman–Crippen MR) is 132 cm³/mol. The summed E-state index contributed by atoms with van der Waals surface area (Å²) in [5, 5.41) is 0. The molecule has 0 radical (unpaired) electrons. The van der Waals surface area contributed by atoms with Gasteiger partial charge in [-0.25, -0.2) is 4.31 Å². The van der Waals surface area contributed by atoms with Crippen LogP contribution in [0.1, 0.15) is 33.9 Å². The molecule has 0 bridgehead atoms. The number of carbonyl (C=O) groups is 1. The third-order valence-electron chi connectivity index (χ3n) is 6.22. The number of aryl methyl sites for hydroxylation is 1. The molecule has 34 heavy (non-hydrogen) atoms. The van der Waals surface area contributed by atoms with Gasteiger partial charge in [-0.2, -0.15) is 13.1 Å². The normalized spacial score (nSPS) is 19.5. The van der Waals surface area contributed by atoms with Crippen molar-refractivity contribution in [2.24, 2.45) is 0 Å². The van der Waals surface area contributed by atoms with Crippen LogP contribution in [0, 0.1) is 6.92 Å². The fraction of sp³-hybridized carbons (Fsp3) is 0.107. The summed E-state index contributed by atoms with van der Waals surface area (Å²) in [6, 6.07) is 34.1. The van der Waals surface area contributed by atoms with Crippen molar-refractivity contribution in [3.05, 3.63) is 143 Å². The van der Waals surface area contributed by atoms with Crippen LogP contribution in [0.15, 0.2) is 115 Å². The summed E-state index contributed by atoms with van der Waals surface area (Å²) in [6.45, 7) is 1.95. The summed E-state index contributed by atoms with van der Waals surface area (Å²) in [5.74, 6) is -0.541. The number of hydrogen-bond acceptors (Lipinski definition) is 3. The minimum atomic E-state index is -4.21. The smallest absolute Gasteiger partial charge is 0.271 e. The number of nitrogens with one attached hydrogen (secondary N) is 1. The van der Waals surface area contributed by atoms with E-state index in [1.807, 2.05) is 97.9 Å². The molecular weight excluding hydrogens is 444 g/mol. The van der Waals surface area contributed by atoms with Gasteiger partial charge in [-0.15, -0.1) is 0 Å². The Labute approximate surface area is 199 Å². The minimum Gasteiger partial charge on any atom is -0.271 e. The summed E-state index contributed by atoms with van der Waals surface area (Å²) in [5.41, 5.74) is 1.99. The lowest BCUT2D eigenvalue weighted by Gasteiger charge is -2.30. The van der Waals surface area contributed by atoms with Gasteiger partial charge in [0.15, 0.2) is 5.54 Å². The molecule has 1 amide bonds. The van der Waals surface area contributed by atoms with Crippen LogP contribution in [0.4, 0.5) is 0 Å². The number of amides is 1. The molecule has 5 rings (SSSR count). The summed E-state index contributed by atoms with van der Waals surface area (Å²) in [6.07, 6.45) is 0. The molecule has 1 saturated heterocycles. The molecule has 0 aliphatic carbocycles. The Morgan fingerprint density at radius 1 is 0.676 bits per heavy atom. The zero-order valence-electron chi connectivity index (χ0n) is 18.6. The van der Waals surface area contributed by atoms with Crippen LogP contribution in [0.25, 0.3) is 0 Å². The van der Waals surface area contributed by atoms with E-state index in [9.17, 15) is 13.2 Å². The molecule has 4 aromatic carbocycles. The molecule has 0 spiro atoms. The molecule has 0 aromatic heterocycles. The number of benzene rings is 4. The maximum atomic E-state index is 14.4. The minimum absolute atomic E-state index is 0.541. The van der Waals surface area contributed by atoms with E-state index in [2.05, 4.69) is 4.72 Å². The Morgan fingerprint density at radius 2 is 1.12 bits per heavy atom. The van der Waals surface area contributed by atoms with Gasteiger partial charge >= 0.3 is 10.2 Å². The lowest BCUT2D eigenvalue weighted by Crippen LogP contribution is -2.45. The van der Waals surface area contributed by atoms with E-state index in [-0.39, 0.29) is 0 Å². The fourth-order valence-electron chi connectivity index (χ4n) is 4.57. The van der Waals surface area contributed by atoms with E-state index in [0.717, 1.165) is 9.87 Å². The third kappa shape index (κ3) is 3.61. The monoisotopic (exact) mass is 468 g/mol. The van der Waals surface area contributed by atoms with Crippen molar-refractivity contribution >= 4 is 16.1 Å². The second kappa shape index (κ2) is 8.56. The quantitative estimate of drug-likeness (QED) is 0.462. The van der Waals surface area contributed by atoms with Gasteiger partial charge in [-0.3, -0.25) is 4.79 Å². The molecule has 1 N–H and O–H groups in total. The van der Waals surface area contributed by atoms with Crippen LogP contribution in [0.5, 0.6) is 0 Å². The van der Waals surface area contributed by atoms with Crippen molar-refractivity contribution in [2.75, 3.05) is 0 Å². The molecule has 6 heteroatoms. The molecule has 5 nitrogen and oxygen atoms in total. The van der Waals surface area contributed by atoms with Crippen LogP contribution in [-0.4, -0.2) is 18.6 Å². The Kier molecular flexibility index (Phi) is 5.55. The fourth-order valence-corrected chi connectivity index (χ4v) is 6.26. The summed E-state index contributed by atoms with van der Waals surface area (Å²) < 4.78 is 31.3. The number of rotatable bonds is 5. The molecule has 0 saturated carbocycles. The predicted octanol–water partition coefficient (Wildman–Crippen LogP) is 4.70. The SMILES string of the molecule is Cc1ccc(C2(c3ccccc3)NS(=O)(=O)N(C(c3ccccc3)c3ccccc3)C2=O)cc1. The lowest BCUT2D eigenvalue weighted by molar-refractivity contribution is -0.130. The molecule has 1 unspecified atom stereocenters. The Bertz CT molecular complexity index is 1370. The average Bonchev–Trinajstić information content (AvgIpc) is 3.08. The molecular formula is C28H24N2O3S. The van der Waals surface area contributed by atoms with Crippen LogP contribution in [0.2, 0.25) is 0 Å². The Hall–Kier alpha value is -3.74. The van der Waals surface area contributed by atoms with E-state index < -0.39 is 27.7 Å². The van der Waals surface area contributed by atoms with E-state index in [0.29, 0.717) is 22.3 Å². The molecule has 1 aliphatic heterocycles. The van der Waals surface area contributed by atoms with E-state index in [1.165, 1.54) is 0 Å². The number of nitrogens with zero attached hydrogens (tertiary/aromatic N) is 1. The molecule has 170 valence electrons. The summed E-state index contributed by atoms with van der Waals surface area (Å²) in [7, 11) is -4.21. The van der Waals surface area contributed by atoms with E-state index in [1.54, 1.807) is 24.3 Å².